The molecule has 0 saturated carbocycles. The first-order valence-corrected chi connectivity index (χ1v) is 6.49. The second-order valence-electron chi connectivity index (χ2n) is 5.04. The van der Waals surface area contributed by atoms with Crippen molar-refractivity contribution in [1.29, 1.82) is 0 Å². The van der Waals surface area contributed by atoms with Crippen LogP contribution >= 0.6 is 0 Å². The van der Waals surface area contributed by atoms with Crippen molar-refractivity contribution in [3.63, 3.8) is 0 Å². The lowest BCUT2D eigenvalue weighted by atomic mass is 10.1. The van der Waals surface area contributed by atoms with E-state index in [0.29, 0.717) is 12.6 Å². The molecule has 2 atom stereocenters. The van der Waals surface area contributed by atoms with Crippen LogP contribution in [0.15, 0.2) is 24.3 Å². The van der Waals surface area contributed by atoms with Crippen molar-refractivity contribution in [1.82, 2.24) is 4.90 Å². The van der Waals surface area contributed by atoms with Crippen molar-refractivity contribution in [2.45, 2.75) is 25.0 Å². The zero-order chi connectivity index (χ0) is 13.0. The van der Waals surface area contributed by atoms with E-state index in [4.69, 9.17) is 10.5 Å². The minimum absolute atomic E-state index is 0.327. The average molecular weight is 250 g/mol. The fraction of sp³-hybridized carbons (Fsp3) is 0.571. The molecule has 0 aromatic heterocycles. The normalized spacial score (nSPS) is 21.4. The van der Waals surface area contributed by atoms with Gasteiger partial charge in [0.15, 0.2) is 0 Å². The van der Waals surface area contributed by atoms with Crippen LogP contribution in [0.3, 0.4) is 0 Å². The zero-order valence-electron chi connectivity index (χ0n) is 10.9. The summed E-state index contributed by atoms with van der Waals surface area (Å²) in [4.78, 5) is 2.12. The number of nitrogens with two attached hydrogens (primary N) is 1. The molecule has 1 aromatic rings. The molecule has 0 amide bonds. The lowest BCUT2D eigenvalue weighted by Gasteiger charge is -2.23. The smallest absolute Gasteiger partial charge is 0.0916 e. The van der Waals surface area contributed by atoms with Gasteiger partial charge in [-0.25, -0.2) is 0 Å². The number of anilines is 1. The highest BCUT2D eigenvalue weighted by Gasteiger charge is 2.19. The summed E-state index contributed by atoms with van der Waals surface area (Å²) in [6.45, 7) is 2.37. The Labute approximate surface area is 108 Å². The van der Waals surface area contributed by atoms with Gasteiger partial charge < -0.3 is 20.5 Å². The Morgan fingerprint density at radius 2 is 2.17 bits per heavy atom. The molecule has 0 bridgehead atoms. The first kappa shape index (κ1) is 13.3. The predicted octanol–water partition coefficient (Wildman–Crippen LogP) is 1.41. The van der Waals surface area contributed by atoms with Gasteiger partial charge >= 0.3 is 0 Å². The summed E-state index contributed by atoms with van der Waals surface area (Å²) in [5.74, 6) is 0. The summed E-state index contributed by atoms with van der Waals surface area (Å²) >= 11 is 0. The average Bonchev–Trinajstić information content (AvgIpc) is 2.82. The number of rotatable bonds is 5. The number of nitrogen functional groups attached to an aromatic ring is 1. The zero-order valence-corrected chi connectivity index (χ0v) is 10.9. The Bertz CT molecular complexity index is 361. The van der Waals surface area contributed by atoms with Crippen LogP contribution in [0.1, 0.15) is 24.5 Å². The fourth-order valence-corrected chi connectivity index (χ4v) is 2.33. The maximum absolute atomic E-state index is 10.1. The third-order valence-corrected chi connectivity index (χ3v) is 3.35. The van der Waals surface area contributed by atoms with Gasteiger partial charge in [0.25, 0.3) is 0 Å². The Morgan fingerprint density at radius 1 is 1.44 bits per heavy atom. The molecule has 1 saturated heterocycles. The highest BCUT2D eigenvalue weighted by atomic mass is 16.5. The van der Waals surface area contributed by atoms with Crippen LogP contribution in [0.4, 0.5) is 5.69 Å². The van der Waals surface area contributed by atoms with Gasteiger partial charge in [-0.2, -0.15) is 0 Å². The second kappa shape index (κ2) is 6.18. The van der Waals surface area contributed by atoms with Crippen molar-refractivity contribution < 1.29 is 9.84 Å². The molecule has 1 fully saturated rings. The minimum Gasteiger partial charge on any atom is -0.399 e. The number of hydrogen-bond acceptors (Lipinski definition) is 4. The molecule has 1 heterocycles. The standard InChI is InChI=1S/C14H22N2O2/c1-16(9-13-3-2-8-18-13)10-14(17)11-4-6-12(15)7-5-11/h4-7,13-14,17H,2-3,8-10,15H2,1H3. The lowest BCUT2D eigenvalue weighted by molar-refractivity contribution is 0.0602. The SMILES string of the molecule is CN(CC1CCCO1)CC(O)c1ccc(N)cc1. The summed E-state index contributed by atoms with van der Waals surface area (Å²) in [7, 11) is 2.02. The highest BCUT2D eigenvalue weighted by molar-refractivity contribution is 5.39. The molecule has 0 radical (unpaired) electrons. The molecule has 4 nitrogen and oxygen atoms in total. The van der Waals surface area contributed by atoms with Gasteiger partial charge in [0, 0.05) is 25.4 Å². The maximum Gasteiger partial charge on any atom is 0.0916 e. The molecule has 0 spiro atoms. The van der Waals surface area contributed by atoms with Crippen molar-refractivity contribution in [2.75, 3.05) is 32.5 Å². The van der Waals surface area contributed by atoms with E-state index in [0.717, 1.165) is 37.2 Å². The quantitative estimate of drug-likeness (QED) is 0.776. The Kier molecular flexibility index (Phi) is 4.58. The van der Waals surface area contributed by atoms with Gasteiger partial charge in [-0.1, -0.05) is 12.1 Å². The summed E-state index contributed by atoms with van der Waals surface area (Å²) in [6.07, 6.45) is 2.13. The molecule has 3 N–H and O–H groups in total. The molecule has 2 unspecified atom stereocenters. The van der Waals surface area contributed by atoms with Crippen LogP contribution in [0, 0.1) is 0 Å². The van der Waals surface area contributed by atoms with Gasteiger partial charge in [-0.3, -0.25) is 0 Å². The maximum atomic E-state index is 10.1. The Morgan fingerprint density at radius 3 is 2.78 bits per heavy atom. The number of aliphatic hydroxyl groups excluding tert-OH is 1. The molecule has 100 valence electrons. The van der Waals surface area contributed by atoms with Crippen LogP contribution in [-0.4, -0.2) is 42.9 Å². The molecular weight excluding hydrogens is 228 g/mol. The third kappa shape index (κ3) is 3.70. The Hall–Kier alpha value is -1.10. The molecule has 1 aliphatic rings. The van der Waals surface area contributed by atoms with E-state index in [2.05, 4.69) is 4.90 Å². The molecule has 4 heteroatoms. The monoisotopic (exact) mass is 250 g/mol. The van der Waals surface area contributed by atoms with Gasteiger partial charge in [0.2, 0.25) is 0 Å². The van der Waals surface area contributed by atoms with E-state index in [1.54, 1.807) is 0 Å². The van der Waals surface area contributed by atoms with E-state index < -0.39 is 6.10 Å². The Balaban J connectivity index is 1.82. The minimum atomic E-state index is -0.475. The highest BCUT2D eigenvalue weighted by Crippen LogP contribution is 2.17. The molecular formula is C14H22N2O2. The largest absolute Gasteiger partial charge is 0.399 e. The summed E-state index contributed by atoms with van der Waals surface area (Å²) in [5, 5.41) is 10.1. The predicted molar refractivity (Wildman–Crippen MR) is 72.3 cm³/mol. The van der Waals surface area contributed by atoms with Crippen LogP contribution in [0.2, 0.25) is 0 Å². The van der Waals surface area contributed by atoms with Crippen molar-refractivity contribution in [2.24, 2.45) is 0 Å². The van der Waals surface area contributed by atoms with Crippen LogP contribution in [0.5, 0.6) is 0 Å². The van der Waals surface area contributed by atoms with Gasteiger partial charge in [0.1, 0.15) is 0 Å². The summed E-state index contributed by atoms with van der Waals surface area (Å²) < 4.78 is 5.59. The first-order chi connectivity index (χ1) is 8.65. The summed E-state index contributed by atoms with van der Waals surface area (Å²) in [5.41, 5.74) is 7.26. The fourth-order valence-electron chi connectivity index (χ4n) is 2.33. The molecule has 0 aliphatic carbocycles. The van der Waals surface area contributed by atoms with Gasteiger partial charge in [0.05, 0.1) is 12.2 Å². The van der Waals surface area contributed by atoms with Crippen LogP contribution in [0.25, 0.3) is 0 Å². The van der Waals surface area contributed by atoms with E-state index >= 15 is 0 Å². The van der Waals surface area contributed by atoms with Gasteiger partial charge in [-0.05, 0) is 37.6 Å². The topological polar surface area (TPSA) is 58.7 Å². The second-order valence-corrected chi connectivity index (χ2v) is 5.04. The summed E-state index contributed by atoms with van der Waals surface area (Å²) in [6, 6.07) is 7.39. The number of likely N-dealkylation sites (N-methyl/N-ethyl adjacent to an activating group) is 1. The van der Waals surface area contributed by atoms with Crippen LogP contribution < -0.4 is 5.73 Å². The molecule has 1 aromatic carbocycles. The van der Waals surface area contributed by atoms with Gasteiger partial charge in [-0.15, -0.1) is 0 Å². The van der Waals surface area contributed by atoms with Crippen molar-refractivity contribution in [3.05, 3.63) is 29.8 Å². The number of ether oxygens (including phenoxy) is 1. The van der Waals surface area contributed by atoms with Crippen molar-refractivity contribution >= 4 is 5.69 Å². The number of aliphatic hydroxyl groups is 1. The number of nitrogens with zero attached hydrogens (tertiary/aromatic N) is 1. The number of benzene rings is 1. The van der Waals surface area contributed by atoms with E-state index in [1.165, 1.54) is 0 Å². The van der Waals surface area contributed by atoms with E-state index in [1.807, 2.05) is 31.3 Å². The molecule has 2 rings (SSSR count). The third-order valence-electron chi connectivity index (χ3n) is 3.35. The first-order valence-electron chi connectivity index (χ1n) is 6.49. The van der Waals surface area contributed by atoms with E-state index in [9.17, 15) is 5.11 Å². The van der Waals surface area contributed by atoms with Crippen molar-refractivity contribution in [3.8, 4) is 0 Å². The molecule has 1 aliphatic heterocycles. The van der Waals surface area contributed by atoms with E-state index in [-0.39, 0.29) is 0 Å². The van der Waals surface area contributed by atoms with Crippen LogP contribution in [-0.2, 0) is 4.74 Å². The lowest BCUT2D eigenvalue weighted by Crippen LogP contribution is -2.32. The number of hydrogen-bond donors (Lipinski definition) is 2. The molecule has 18 heavy (non-hydrogen) atoms.